The molecule has 0 fully saturated rings. The second-order valence-corrected chi connectivity index (χ2v) is 4.78. The second kappa shape index (κ2) is 3.94. The van der Waals surface area contributed by atoms with E-state index < -0.39 is 0 Å². The first-order chi connectivity index (χ1) is 8.24. The molecule has 1 unspecified atom stereocenters. The number of nitrogens with two attached hydrogens (primary N) is 1. The van der Waals surface area contributed by atoms with Crippen LogP contribution in [0, 0.1) is 0 Å². The van der Waals surface area contributed by atoms with Crippen LogP contribution in [-0.4, -0.2) is 9.97 Å². The quantitative estimate of drug-likeness (QED) is 0.753. The monoisotopic (exact) mass is 245 g/mol. The molecule has 17 heavy (non-hydrogen) atoms. The van der Waals surface area contributed by atoms with Gasteiger partial charge in [-0.25, -0.2) is 9.97 Å². The predicted octanol–water partition coefficient (Wildman–Crippen LogP) is 2.97. The first kappa shape index (κ1) is 10.4. The molecule has 0 saturated carbocycles. The van der Waals surface area contributed by atoms with Crippen LogP contribution in [0.25, 0.3) is 22.4 Å². The Morgan fingerprint density at radius 2 is 2.29 bits per heavy atom. The number of benzene rings is 1. The lowest BCUT2D eigenvalue weighted by Gasteiger charge is -1.98. The highest BCUT2D eigenvalue weighted by Gasteiger charge is 2.09. The van der Waals surface area contributed by atoms with Gasteiger partial charge in [0.15, 0.2) is 12.0 Å². The summed E-state index contributed by atoms with van der Waals surface area (Å²) in [7, 11) is 0. The third kappa shape index (κ3) is 1.83. The standard InChI is InChI=1S/C12H11N3OS/c1-7(13)12-15-10(5-17-12)8-2-3-9-11(4-8)16-6-14-9/h2-7H,13H2,1H3. The third-order valence-electron chi connectivity index (χ3n) is 2.54. The van der Waals surface area contributed by atoms with Crippen LogP contribution in [-0.2, 0) is 0 Å². The summed E-state index contributed by atoms with van der Waals surface area (Å²) in [4.78, 5) is 8.59. The molecule has 5 heteroatoms. The largest absolute Gasteiger partial charge is 0.443 e. The first-order valence-electron chi connectivity index (χ1n) is 5.28. The summed E-state index contributed by atoms with van der Waals surface area (Å²) in [5.41, 5.74) is 9.39. The summed E-state index contributed by atoms with van der Waals surface area (Å²) in [6.07, 6.45) is 1.45. The fourth-order valence-electron chi connectivity index (χ4n) is 1.64. The fourth-order valence-corrected chi connectivity index (χ4v) is 2.43. The molecule has 3 aromatic rings. The molecule has 0 radical (unpaired) electrons. The minimum atomic E-state index is -0.0252. The Kier molecular flexibility index (Phi) is 2.42. The average molecular weight is 245 g/mol. The van der Waals surface area contributed by atoms with Gasteiger partial charge in [-0.15, -0.1) is 11.3 Å². The molecule has 4 nitrogen and oxygen atoms in total. The van der Waals surface area contributed by atoms with E-state index in [2.05, 4.69) is 9.97 Å². The summed E-state index contributed by atoms with van der Waals surface area (Å²) in [6, 6.07) is 5.84. The second-order valence-electron chi connectivity index (χ2n) is 3.89. The number of rotatable bonds is 2. The SMILES string of the molecule is CC(N)c1nc(-c2ccc3ncoc3c2)cs1. The van der Waals surface area contributed by atoms with Crippen LogP contribution in [0.5, 0.6) is 0 Å². The van der Waals surface area contributed by atoms with Crippen molar-refractivity contribution < 1.29 is 4.42 Å². The zero-order valence-corrected chi connectivity index (χ0v) is 10.1. The molecular formula is C12H11N3OS. The molecule has 2 heterocycles. The van der Waals surface area contributed by atoms with Crippen molar-refractivity contribution in [1.29, 1.82) is 0 Å². The summed E-state index contributed by atoms with van der Waals surface area (Å²) in [5.74, 6) is 0. The van der Waals surface area contributed by atoms with Crippen LogP contribution in [0.2, 0.25) is 0 Å². The zero-order chi connectivity index (χ0) is 11.8. The van der Waals surface area contributed by atoms with Gasteiger partial charge in [0.2, 0.25) is 0 Å². The molecule has 0 aliphatic heterocycles. The van der Waals surface area contributed by atoms with Crippen LogP contribution >= 0.6 is 11.3 Å². The molecule has 2 aromatic heterocycles. The predicted molar refractivity (Wildman–Crippen MR) is 67.7 cm³/mol. The maximum atomic E-state index is 5.80. The molecule has 3 rings (SSSR count). The summed E-state index contributed by atoms with van der Waals surface area (Å²) in [5, 5.41) is 2.95. The van der Waals surface area contributed by atoms with Crippen molar-refractivity contribution in [3.05, 3.63) is 35.0 Å². The minimum absolute atomic E-state index is 0.0252. The molecule has 1 atom stereocenters. The average Bonchev–Trinajstić information content (AvgIpc) is 2.97. The van der Waals surface area contributed by atoms with E-state index in [0.717, 1.165) is 27.4 Å². The molecule has 1 aromatic carbocycles. The van der Waals surface area contributed by atoms with Crippen molar-refractivity contribution in [2.45, 2.75) is 13.0 Å². The number of thiazole rings is 1. The van der Waals surface area contributed by atoms with Gasteiger partial charge < -0.3 is 10.2 Å². The Hall–Kier alpha value is -1.72. The van der Waals surface area contributed by atoms with Gasteiger partial charge in [0.25, 0.3) is 0 Å². The molecule has 2 N–H and O–H groups in total. The lowest BCUT2D eigenvalue weighted by molar-refractivity contribution is 0.602. The molecule has 0 bridgehead atoms. The number of nitrogens with zero attached hydrogens (tertiary/aromatic N) is 2. The van der Waals surface area contributed by atoms with Crippen molar-refractivity contribution in [2.24, 2.45) is 5.73 Å². The molecule has 0 aliphatic carbocycles. The van der Waals surface area contributed by atoms with E-state index in [1.54, 1.807) is 11.3 Å². The van der Waals surface area contributed by atoms with E-state index >= 15 is 0 Å². The van der Waals surface area contributed by atoms with Crippen molar-refractivity contribution in [3.8, 4) is 11.3 Å². The van der Waals surface area contributed by atoms with E-state index in [-0.39, 0.29) is 6.04 Å². The van der Waals surface area contributed by atoms with E-state index in [1.165, 1.54) is 6.39 Å². The first-order valence-corrected chi connectivity index (χ1v) is 6.16. The van der Waals surface area contributed by atoms with E-state index in [0.29, 0.717) is 0 Å². The van der Waals surface area contributed by atoms with Crippen molar-refractivity contribution in [2.75, 3.05) is 0 Å². The Bertz CT molecular complexity index is 656. The van der Waals surface area contributed by atoms with Crippen LogP contribution < -0.4 is 5.73 Å². The summed E-state index contributed by atoms with van der Waals surface area (Å²) < 4.78 is 5.27. The lowest BCUT2D eigenvalue weighted by atomic mass is 10.1. The van der Waals surface area contributed by atoms with Crippen LogP contribution in [0.1, 0.15) is 18.0 Å². The fraction of sp³-hybridized carbons (Fsp3) is 0.167. The molecule has 86 valence electrons. The van der Waals surface area contributed by atoms with Crippen molar-refractivity contribution in [3.63, 3.8) is 0 Å². The zero-order valence-electron chi connectivity index (χ0n) is 9.25. The van der Waals surface area contributed by atoms with Crippen LogP contribution in [0.15, 0.2) is 34.4 Å². The van der Waals surface area contributed by atoms with E-state index in [9.17, 15) is 0 Å². The van der Waals surface area contributed by atoms with Gasteiger partial charge in [-0.2, -0.15) is 0 Å². The van der Waals surface area contributed by atoms with E-state index in [1.807, 2.05) is 30.5 Å². The maximum absolute atomic E-state index is 5.80. The van der Waals surface area contributed by atoms with Crippen LogP contribution in [0.4, 0.5) is 0 Å². The smallest absolute Gasteiger partial charge is 0.181 e. The highest BCUT2D eigenvalue weighted by Crippen LogP contribution is 2.26. The third-order valence-corrected chi connectivity index (χ3v) is 3.58. The summed E-state index contributed by atoms with van der Waals surface area (Å²) >= 11 is 1.58. The molecule has 0 aliphatic rings. The van der Waals surface area contributed by atoms with Gasteiger partial charge >= 0.3 is 0 Å². The maximum Gasteiger partial charge on any atom is 0.181 e. The van der Waals surface area contributed by atoms with Gasteiger partial charge in [0, 0.05) is 10.9 Å². The van der Waals surface area contributed by atoms with Gasteiger partial charge in [0.1, 0.15) is 10.5 Å². The van der Waals surface area contributed by atoms with Gasteiger partial charge in [-0.3, -0.25) is 0 Å². The van der Waals surface area contributed by atoms with Gasteiger partial charge in [-0.1, -0.05) is 6.07 Å². The Morgan fingerprint density at radius 3 is 3.06 bits per heavy atom. The summed E-state index contributed by atoms with van der Waals surface area (Å²) in [6.45, 7) is 1.93. The minimum Gasteiger partial charge on any atom is -0.443 e. The Balaban J connectivity index is 2.06. The molecule has 0 spiro atoms. The van der Waals surface area contributed by atoms with Gasteiger partial charge in [0.05, 0.1) is 11.7 Å². The number of aromatic nitrogens is 2. The number of hydrogen-bond acceptors (Lipinski definition) is 5. The van der Waals surface area contributed by atoms with Gasteiger partial charge in [-0.05, 0) is 19.1 Å². The topological polar surface area (TPSA) is 64.9 Å². The highest BCUT2D eigenvalue weighted by atomic mass is 32.1. The Labute approximate surface area is 102 Å². The molecule has 0 amide bonds. The van der Waals surface area contributed by atoms with E-state index in [4.69, 9.17) is 10.2 Å². The Morgan fingerprint density at radius 1 is 1.41 bits per heavy atom. The normalized spacial score (nSPS) is 13.1. The van der Waals surface area contributed by atoms with Crippen molar-refractivity contribution in [1.82, 2.24) is 9.97 Å². The lowest BCUT2D eigenvalue weighted by Crippen LogP contribution is -2.03. The van der Waals surface area contributed by atoms with Crippen molar-refractivity contribution >= 4 is 22.4 Å². The number of oxazole rings is 1. The highest BCUT2D eigenvalue weighted by molar-refractivity contribution is 7.10. The number of hydrogen-bond donors (Lipinski definition) is 1. The van der Waals surface area contributed by atoms with Crippen LogP contribution in [0.3, 0.4) is 0 Å². The number of fused-ring (bicyclic) bond motifs is 1. The molecule has 0 saturated heterocycles. The molecular weight excluding hydrogens is 234 g/mol.